The molecular weight excluding hydrogens is 326 g/mol. The van der Waals surface area contributed by atoms with Gasteiger partial charge in [-0.25, -0.2) is 0 Å². The van der Waals surface area contributed by atoms with Crippen molar-refractivity contribution in [3.63, 3.8) is 0 Å². The third-order valence-corrected chi connectivity index (χ3v) is 3.97. The van der Waals surface area contributed by atoms with Crippen molar-refractivity contribution in [1.82, 2.24) is 4.98 Å². The predicted octanol–water partition coefficient (Wildman–Crippen LogP) is 3.68. The van der Waals surface area contributed by atoms with Gasteiger partial charge < -0.3 is 15.8 Å². The zero-order chi connectivity index (χ0) is 18.4. The number of nitrogens with two attached hydrogens (primary N) is 1. The maximum Gasteiger partial charge on any atom is 0.250 e. The number of anilines is 1. The highest BCUT2D eigenvalue weighted by molar-refractivity contribution is 6.00. The fourth-order valence-electron chi connectivity index (χ4n) is 2.67. The Morgan fingerprint density at radius 2 is 1.81 bits per heavy atom. The van der Waals surface area contributed by atoms with E-state index >= 15 is 0 Å². The molecule has 1 amide bonds. The number of hydrogen-bond acceptors (Lipinski definition) is 4. The van der Waals surface area contributed by atoms with Gasteiger partial charge in [0.1, 0.15) is 12.4 Å². The summed E-state index contributed by atoms with van der Waals surface area (Å²) in [6, 6.07) is 17.4. The van der Waals surface area contributed by atoms with Crippen molar-refractivity contribution in [2.45, 2.75) is 20.1 Å². The van der Waals surface area contributed by atoms with Gasteiger partial charge in [0.05, 0.1) is 11.3 Å². The number of carbonyl (C=O) groups is 1. The fraction of sp³-hybridized carbons (Fsp3) is 0.143. The van der Waals surface area contributed by atoms with E-state index in [1.54, 1.807) is 18.5 Å². The average Bonchev–Trinajstić information content (AvgIpc) is 2.66. The Morgan fingerprint density at radius 3 is 2.50 bits per heavy atom. The SMILES string of the molecule is Cc1cc(OCc2ccccc2)c(NCc2ccncc2)c(C(N)=O)c1. The smallest absolute Gasteiger partial charge is 0.250 e. The molecule has 3 rings (SSSR count). The lowest BCUT2D eigenvalue weighted by Gasteiger charge is -2.17. The van der Waals surface area contributed by atoms with Gasteiger partial charge in [-0.2, -0.15) is 0 Å². The number of aromatic nitrogens is 1. The molecule has 0 spiro atoms. The maximum atomic E-state index is 11.9. The molecule has 3 N–H and O–H groups in total. The molecule has 0 aliphatic rings. The minimum absolute atomic E-state index is 0.409. The van der Waals surface area contributed by atoms with E-state index in [0.717, 1.165) is 16.7 Å². The van der Waals surface area contributed by atoms with Crippen molar-refractivity contribution in [3.05, 3.63) is 89.2 Å². The Kier molecular flexibility index (Phi) is 5.49. The first kappa shape index (κ1) is 17.5. The molecule has 0 aliphatic heterocycles. The van der Waals surface area contributed by atoms with Crippen LogP contribution in [0.5, 0.6) is 5.75 Å². The van der Waals surface area contributed by atoms with Crippen LogP contribution in [0.1, 0.15) is 27.0 Å². The first-order valence-electron chi connectivity index (χ1n) is 8.37. The van der Waals surface area contributed by atoms with Gasteiger partial charge in [0, 0.05) is 18.9 Å². The van der Waals surface area contributed by atoms with E-state index in [9.17, 15) is 4.79 Å². The van der Waals surface area contributed by atoms with Gasteiger partial charge in [0.2, 0.25) is 0 Å². The van der Waals surface area contributed by atoms with Crippen LogP contribution in [-0.2, 0) is 13.2 Å². The number of hydrogen-bond donors (Lipinski definition) is 2. The van der Waals surface area contributed by atoms with Gasteiger partial charge in [0.25, 0.3) is 5.91 Å². The summed E-state index contributed by atoms with van der Waals surface area (Å²) in [5.74, 6) is 0.118. The quantitative estimate of drug-likeness (QED) is 0.683. The van der Waals surface area contributed by atoms with Gasteiger partial charge >= 0.3 is 0 Å². The number of aryl methyl sites for hydroxylation is 1. The Balaban J connectivity index is 1.87. The molecule has 26 heavy (non-hydrogen) atoms. The highest BCUT2D eigenvalue weighted by Crippen LogP contribution is 2.31. The molecule has 0 saturated carbocycles. The van der Waals surface area contributed by atoms with Crippen LogP contribution >= 0.6 is 0 Å². The van der Waals surface area contributed by atoms with Crippen LogP contribution in [-0.4, -0.2) is 10.9 Å². The molecule has 0 bridgehead atoms. The van der Waals surface area contributed by atoms with Crippen LogP contribution in [0, 0.1) is 6.92 Å². The van der Waals surface area contributed by atoms with Crippen LogP contribution in [0.4, 0.5) is 5.69 Å². The highest BCUT2D eigenvalue weighted by atomic mass is 16.5. The summed E-state index contributed by atoms with van der Waals surface area (Å²) in [5, 5.41) is 3.29. The van der Waals surface area contributed by atoms with Crippen molar-refractivity contribution >= 4 is 11.6 Å². The molecule has 3 aromatic rings. The first-order chi connectivity index (χ1) is 12.6. The molecular formula is C21H21N3O2. The van der Waals surface area contributed by atoms with Crippen LogP contribution < -0.4 is 15.8 Å². The number of pyridine rings is 1. The molecule has 1 aromatic heterocycles. The van der Waals surface area contributed by atoms with Crippen LogP contribution in [0.3, 0.4) is 0 Å². The number of rotatable bonds is 7. The summed E-state index contributed by atoms with van der Waals surface area (Å²) in [4.78, 5) is 15.9. The van der Waals surface area contributed by atoms with Crippen LogP contribution in [0.25, 0.3) is 0 Å². The number of primary amides is 1. The zero-order valence-corrected chi connectivity index (χ0v) is 14.6. The zero-order valence-electron chi connectivity index (χ0n) is 14.6. The molecule has 0 unspecified atom stereocenters. The first-order valence-corrected chi connectivity index (χ1v) is 8.37. The lowest BCUT2D eigenvalue weighted by atomic mass is 10.1. The number of benzene rings is 2. The molecule has 0 radical (unpaired) electrons. The molecule has 132 valence electrons. The number of nitrogens with one attached hydrogen (secondary N) is 1. The van der Waals surface area contributed by atoms with E-state index < -0.39 is 5.91 Å². The summed E-state index contributed by atoms with van der Waals surface area (Å²) in [6.45, 7) is 2.86. The third-order valence-electron chi connectivity index (χ3n) is 3.97. The van der Waals surface area contributed by atoms with Crippen molar-refractivity contribution < 1.29 is 9.53 Å². The molecule has 1 heterocycles. The Labute approximate surface area is 152 Å². The van der Waals surface area contributed by atoms with Gasteiger partial charge in [0.15, 0.2) is 0 Å². The van der Waals surface area contributed by atoms with E-state index in [2.05, 4.69) is 10.3 Å². The molecule has 2 aromatic carbocycles. The lowest BCUT2D eigenvalue weighted by molar-refractivity contribution is 0.100. The minimum atomic E-state index is -0.490. The molecule has 0 fully saturated rings. The topological polar surface area (TPSA) is 77.2 Å². The average molecular weight is 347 g/mol. The van der Waals surface area contributed by atoms with Crippen LogP contribution in [0.2, 0.25) is 0 Å². The normalized spacial score (nSPS) is 10.3. The standard InChI is InChI=1S/C21H21N3O2/c1-15-11-18(21(22)25)20(24-13-16-7-9-23-10-8-16)19(12-15)26-14-17-5-3-2-4-6-17/h2-12,24H,13-14H2,1H3,(H2,22,25). The second-order valence-electron chi connectivity index (χ2n) is 6.03. The second-order valence-corrected chi connectivity index (χ2v) is 6.03. The van der Waals surface area contributed by atoms with Gasteiger partial charge in [-0.3, -0.25) is 9.78 Å². The van der Waals surface area contributed by atoms with Gasteiger partial charge in [-0.1, -0.05) is 30.3 Å². The predicted molar refractivity (Wildman–Crippen MR) is 102 cm³/mol. The Morgan fingerprint density at radius 1 is 1.08 bits per heavy atom. The Bertz CT molecular complexity index is 881. The van der Waals surface area contributed by atoms with E-state index in [0.29, 0.717) is 30.2 Å². The van der Waals surface area contributed by atoms with Crippen LogP contribution in [0.15, 0.2) is 67.0 Å². The third kappa shape index (κ3) is 4.39. The van der Waals surface area contributed by atoms with Gasteiger partial charge in [-0.15, -0.1) is 0 Å². The minimum Gasteiger partial charge on any atom is -0.487 e. The largest absolute Gasteiger partial charge is 0.487 e. The number of amides is 1. The fourth-order valence-corrected chi connectivity index (χ4v) is 2.67. The molecule has 0 aliphatic carbocycles. The molecule has 0 saturated heterocycles. The van der Waals surface area contributed by atoms with E-state index in [1.165, 1.54) is 0 Å². The summed E-state index contributed by atoms with van der Waals surface area (Å²) < 4.78 is 6.00. The van der Waals surface area contributed by atoms with Crippen molar-refractivity contribution in [2.24, 2.45) is 5.73 Å². The summed E-state index contributed by atoms with van der Waals surface area (Å²) in [5.41, 5.74) is 9.62. The Hall–Kier alpha value is -3.34. The monoisotopic (exact) mass is 347 g/mol. The van der Waals surface area contributed by atoms with E-state index in [4.69, 9.17) is 10.5 Å². The number of nitrogens with zero attached hydrogens (tertiary/aromatic N) is 1. The van der Waals surface area contributed by atoms with Crippen molar-refractivity contribution in [3.8, 4) is 5.75 Å². The lowest BCUT2D eigenvalue weighted by Crippen LogP contribution is -2.16. The van der Waals surface area contributed by atoms with Crippen molar-refractivity contribution in [2.75, 3.05) is 5.32 Å². The molecule has 0 atom stereocenters. The molecule has 5 nitrogen and oxygen atoms in total. The summed E-state index contributed by atoms with van der Waals surface area (Å²) >= 11 is 0. The molecule has 5 heteroatoms. The van der Waals surface area contributed by atoms with E-state index in [-0.39, 0.29) is 0 Å². The summed E-state index contributed by atoms with van der Waals surface area (Å²) in [7, 11) is 0. The summed E-state index contributed by atoms with van der Waals surface area (Å²) in [6.07, 6.45) is 3.46. The second kappa shape index (κ2) is 8.16. The number of carbonyl (C=O) groups excluding carboxylic acids is 1. The highest BCUT2D eigenvalue weighted by Gasteiger charge is 2.15. The van der Waals surface area contributed by atoms with Crippen molar-refractivity contribution in [1.29, 1.82) is 0 Å². The maximum absolute atomic E-state index is 11.9. The van der Waals surface area contributed by atoms with E-state index in [1.807, 2.05) is 55.5 Å². The van der Waals surface area contributed by atoms with Gasteiger partial charge in [-0.05, 0) is 47.9 Å². The number of ether oxygens (including phenoxy) is 1.